The second kappa shape index (κ2) is 7.29. The number of nitrogens with zero attached hydrogens (tertiary/aromatic N) is 2. The van der Waals surface area contributed by atoms with E-state index in [0.29, 0.717) is 32.7 Å². The second-order valence-electron chi connectivity index (χ2n) is 7.70. The molecule has 3 aliphatic heterocycles. The summed E-state index contributed by atoms with van der Waals surface area (Å²) in [4.78, 5) is 14.7. The molecule has 4 rings (SSSR count). The number of sulfonamides is 1. The van der Waals surface area contributed by atoms with Crippen molar-refractivity contribution in [1.82, 2.24) is 9.21 Å². The third-order valence-corrected chi connectivity index (χ3v) is 8.30. The maximum atomic E-state index is 12.9. The number of ether oxygens (including phenoxy) is 3. The summed E-state index contributed by atoms with van der Waals surface area (Å²) in [5.74, 6) is 0.737. The van der Waals surface area contributed by atoms with Gasteiger partial charge in [-0.05, 0) is 24.1 Å². The first kappa shape index (κ1) is 19.6. The number of hydrogen-bond acceptors (Lipinski definition) is 6. The molecule has 154 valence electrons. The van der Waals surface area contributed by atoms with Crippen molar-refractivity contribution in [3.63, 3.8) is 0 Å². The van der Waals surface area contributed by atoms with Gasteiger partial charge in [0.1, 0.15) is 16.6 Å². The Hall–Kier alpha value is -1.68. The molecular formula is C19H26N2O6S. The van der Waals surface area contributed by atoms with Gasteiger partial charge in [0, 0.05) is 26.7 Å². The number of hydrogen-bond donors (Lipinski definition) is 0. The molecule has 0 N–H and O–H groups in total. The summed E-state index contributed by atoms with van der Waals surface area (Å²) < 4.78 is 43.6. The molecular weight excluding hydrogens is 384 g/mol. The van der Waals surface area contributed by atoms with Crippen molar-refractivity contribution >= 4 is 15.9 Å². The van der Waals surface area contributed by atoms with Crippen molar-refractivity contribution in [1.29, 1.82) is 0 Å². The Bertz CT molecular complexity index is 842. The zero-order chi connectivity index (χ0) is 19.9. The van der Waals surface area contributed by atoms with Gasteiger partial charge in [-0.25, -0.2) is 8.42 Å². The van der Waals surface area contributed by atoms with Crippen molar-refractivity contribution < 1.29 is 27.4 Å². The molecule has 1 aromatic rings. The molecule has 0 radical (unpaired) electrons. The van der Waals surface area contributed by atoms with E-state index in [1.807, 2.05) is 24.3 Å². The molecule has 3 atom stereocenters. The summed E-state index contributed by atoms with van der Waals surface area (Å²) in [6.45, 7) is 1.69. The number of morpholine rings is 1. The quantitative estimate of drug-likeness (QED) is 0.669. The number of rotatable bonds is 6. The van der Waals surface area contributed by atoms with Crippen LogP contribution in [0.25, 0.3) is 0 Å². The molecule has 1 amide bonds. The number of likely N-dealkylation sites (tertiary alicyclic amines) is 1. The minimum atomic E-state index is -3.44. The van der Waals surface area contributed by atoms with Crippen LogP contribution in [0.3, 0.4) is 0 Å². The predicted octanol–water partition coefficient (Wildman–Crippen LogP) is 0.268. The highest BCUT2D eigenvalue weighted by Crippen LogP contribution is 2.46. The molecule has 3 saturated heterocycles. The van der Waals surface area contributed by atoms with Gasteiger partial charge in [0.2, 0.25) is 15.9 Å². The van der Waals surface area contributed by atoms with E-state index >= 15 is 0 Å². The van der Waals surface area contributed by atoms with Gasteiger partial charge in [-0.1, -0.05) is 12.1 Å². The molecule has 3 fully saturated rings. The lowest BCUT2D eigenvalue weighted by Crippen LogP contribution is -2.56. The monoisotopic (exact) mass is 410 g/mol. The van der Waals surface area contributed by atoms with Gasteiger partial charge in [-0.15, -0.1) is 0 Å². The van der Waals surface area contributed by atoms with Crippen molar-refractivity contribution in [2.75, 3.05) is 47.0 Å². The lowest BCUT2D eigenvalue weighted by Gasteiger charge is -2.39. The highest BCUT2D eigenvalue weighted by atomic mass is 32.2. The fourth-order valence-corrected chi connectivity index (χ4v) is 6.86. The minimum absolute atomic E-state index is 0.00812. The van der Waals surface area contributed by atoms with Crippen LogP contribution in [0.4, 0.5) is 0 Å². The van der Waals surface area contributed by atoms with Crippen LogP contribution >= 0.6 is 0 Å². The first-order valence-electron chi connectivity index (χ1n) is 9.44. The van der Waals surface area contributed by atoms with E-state index in [-0.39, 0.29) is 25.0 Å². The fraction of sp³-hybridized carbons (Fsp3) is 0.632. The molecule has 1 spiro atoms. The summed E-state index contributed by atoms with van der Waals surface area (Å²) in [7, 11) is -0.287. The molecule has 0 saturated carbocycles. The zero-order valence-corrected chi connectivity index (χ0v) is 17.0. The normalized spacial score (nSPS) is 31.0. The maximum absolute atomic E-state index is 12.9. The SMILES string of the molecule is COCCN1C[C@]23CN(C(=O)Cc4ccc(OC)cc4)C[C@H](C[C@H]2S1(=O)=O)O3. The highest BCUT2D eigenvalue weighted by Gasteiger charge is 2.65. The van der Waals surface area contributed by atoms with E-state index < -0.39 is 20.9 Å². The first-order chi connectivity index (χ1) is 13.4. The largest absolute Gasteiger partial charge is 0.497 e. The van der Waals surface area contributed by atoms with Crippen molar-refractivity contribution in [3.05, 3.63) is 29.8 Å². The van der Waals surface area contributed by atoms with E-state index in [1.54, 1.807) is 19.1 Å². The van der Waals surface area contributed by atoms with Crippen LogP contribution < -0.4 is 4.74 Å². The van der Waals surface area contributed by atoms with E-state index in [4.69, 9.17) is 14.2 Å². The van der Waals surface area contributed by atoms with Gasteiger partial charge in [-0.2, -0.15) is 4.31 Å². The lowest BCUT2D eigenvalue weighted by molar-refractivity contribution is -0.150. The molecule has 28 heavy (non-hydrogen) atoms. The molecule has 3 aliphatic rings. The fourth-order valence-electron chi connectivity index (χ4n) is 4.56. The van der Waals surface area contributed by atoms with Gasteiger partial charge < -0.3 is 19.1 Å². The number of benzene rings is 1. The lowest BCUT2D eigenvalue weighted by atomic mass is 9.99. The Labute approximate surface area is 165 Å². The van der Waals surface area contributed by atoms with E-state index in [0.717, 1.165) is 11.3 Å². The highest BCUT2D eigenvalue weighted by molar-refractivity contribution is 7.90. The van der Waals surface area contributed by atoms with Crippen molar-refractivity contribution in [2.24, 2.45) is 0 Å². The van der Waals surface area contributed by atoms with Crippen LogP contribution in [0.1, 0.15) is 12.0 Å². The Morgan fingerprint density at radius 2 is 2.00 bits per heavy atom. The van der Waals surface area contributed by atoms with Gasteiger partial charge in [-0.3, -0.25) is 4.79 Å². The van der Waals surface area contributed by atoms with Crippen molar-refractivity contribution in [3.8, 4) is 5.75 Å². The number of carbonyl (C=O) groups excluding carboxylic acids is 1. The molecule has 9 heteroatoms. The van der Waals surface area contributed by atoms with Crippen LogP contribution in [0, 0.1) is 0 Å². The average molecular weight is 410 g/mol. The molecule has 1 aromatic carbocycles. The topological polar surface area (TPSA) is 85.4 Å². The van der Waals surface area contributed by atoms with Crippen molar-refractivity contribution in [2.45, 2.75) is 29.8 Å². The third-order valence-electron chi connectivity index (χ3n) is 5.92. The minimum Gasteiger partial charge on any atom is -0.497 e. The van der Waals surface area contributed by atoms with E-state index in [9.17, 15) is 13.2 Å². The maximum Gasteiger partial charge on any atom is 0.227 e. The van der Waals surface area contributed by atoms with Crippen LogP contribution in [-0.4, -0.2) is 87.5 Å². The second-order valence-corrected chi connectivity index (χ2v) is 9.81. The van der Waals surface area contributed by atoms with Crippen LogP contribution in [0.2, 0.25) is 0 Å². The number of methoxy groups -OCH3 is 2. The molecule has 0 aromatic heterocycles. The van der Waals surface area contributed by atoms with Gasteiger partial charge in [0.25, 0.3) is 0 Å². The summed E-state index contributed by atoms with van der Waals surface area (Å²) in [5, 5.41) is -0.583. The zero-order valence-electron chi connectivity index (χ0n) is 16.2. The summed E-state index contributed by atoms with van der Waals surface area (Å²) in [6, 6.07) is 7.41. The summed E-state index contributed by atoms with van der Waals surface area (Å²) in [6.07, 6.45) is 0.494. The third kappa shape index (κ3) is 3.30. The number of carbonyl (C=O) groups is 1. The van der Waals surface area contributed by atoms with Crippen LogP contribution in [0.15, 0.2) is 24.3 Å². The molecule has 2 bridgehead atoms. The van der Waals surface area contributed by atoms with Gasteiger partial charge >= 0.3 is 0 Å². The smallest absolute Gasteiger partial charge is 0.227 e. The summed E-state index contributed by atoms with van der Waals surface area (Å²) >= 11 is 0. The van der Waals surface area contributed by atoms with E-state index in [2.05, 4.69) is 0 Å². The number of fused-ring (bicyclic) bond motifs is 1. The van der Waals surface area contributed by atoms with Crippen LogP contribution in [0.5, 0.6) is 5.75 Å². The summed E-state index contributed by atoms with van der Waals surface area (Å²) in [5.41, 5.74) is 0.0740. The molecule has 0 unspecified atom stereocenters. The Morgan fingerprint density at radius 1 is 1.25 bits per heavy atom. The van der Waals surface area contributed by atoms with Gasteiger partial charge in [0.15, 0.2) is 0 Å². The number of amides is 1. The Morgan fingerprint density at radius 3 is 2.68 bits per heavy atom. The predicted molar refractivity (Wildman–Crippen MR) is 102 cm³/mol. The molecule has 0 aliphatic carbocycles. The van der Waals surface area contributed by atoms with Crippen LogP contribution in [-0.2, 0) is 30.7 Å². The van der Waals surface area contributed by atoms with Gasteiger partial charge in [0.05, 0.1) is 32.8 Å². The molecule has 8 nitrogen and oxygen atoms in total. The average Bonchev–Trinajstić information content (AvgIpc) is 3.05. The van der Waals surface area contributed by atoms with E-state index in [1.165, 1.54) is 4.31 Å². The standard InChI is InChI=1S/C19H26N2O6S/c1-25-8-7-21-13-19-12-20(11-16(27-19)10-17(19)28(21,23)24)18(22)9-14-3-5-15(26-2)6-4-14/h3-6,16-17H,7-13H2,1-2H3/t16-,17+,19+/m0/s1. The first-order valence-corrected chi connectivity index (χ1v) is 10.9. The molecule has 3 heterocycles. The Balaban J connectivity index is 1.48. The Kier molecular flexibility index (Phi) is 5.11.